The first-order chi connectivity index (χ1) is 15.1. The van der Waals surface area contributed by atoms with Gasteiger partial charge in [-0.1, -0.05) is 28.3 Å². The molecular weight excluding hydrogens is 442 g/mol. The van der Waals surface area contributed by atoms with Crippen molar-refractivity contribution in [3.63, 3.8) is 0 Å². The maximum Gasteiger partial charge on any atom is 0.279 e. The number of aromatic nitrogens is 3. The van der Waals surface area contributed by atoms with Crippen LogP contribution < -0.4 is 20.1 Å². The van der Waals surface area contributed by atoms with Crippen LogP contribution in [-0.4, -0.2) is 47.1 Å². The average molecular weight is 462 g/mol. The topological polar surface area (TPSA) is 128 Å². The highest BCUT2D eigenvalue weighted by molar-refractivity contribution is 8.01. The Bertz CT molecular complexity index is 1100. The number of anilines is 2. The lowest BCUT2D eigenvalue weighted by atomic mass is 10.2. The van der Waals surface area contributed by atoms with Gasteiger partial charge in [0.2, 0.25) is 11.0 Å². The number of ether oxygens (including phenoxy) is 2. The Kier molecular flexibility index (Phi) is 6.37. The molecule has 2 N–H and O–H groups in total. The molecular formula is C19H19N5O5S2. The monoisotopic (exact) mass is 461 g/mol. The third-order valence-electron chi connectivity index (χ3n) is 4.36. The summed E-state index contributed by atoms with van der Waals surface area (Å²) >= 11 is 2.39. The van der Waals surface area contributed by atoms with E-state index in [1.807, 2.05) is 0 Å². The fourth-order valence-electron chi connectivity index (χ4n) is 2.67. The molecule has 0 radical (unpaired) electrons. The SMILES string of the molecule is COc1ccc(NC(=O)CSc2nnc(NC(=O)c3cc(C4CC4)on3)s2)cc1OC. The van der Waals surface area contributed by atoms with Crippen molar-refractivity contribution in [3.8, 4) is 11.5 Å². The van der Waals surface area contributed by atoms with E-state index < -0.39 is 5.91 Å². The first-order valence-electron chi connectivity index (χ1n) is 9.32. The van der Waals surface area contributed by atoms with Crippen molar-refractivity contribution >= 4 is 45.7 Å². The fraction of sp³-hybridized carbons (Fsp3) is 0.316. The fourth-order valence-corrected chi connectivity index (χ4v) is 4.22. The van der Waals surface area contributed by atoms with E-state index in [1.54, 1.807) is 31.4 Å². The third kappa shape index (κ3) is 5.33. The van der Waals surface area contributed by atoms with Crippen molar-refractivity contribution in [2.24, 2.45) is 0 Å². The summed E-state index contributed by atoms with van der Waals surface area (Å²) in [5.41, 5.74) is 0.798. The van der Waals surface area contributed by atoms with Gasteiger partial charge in [0.15, 0.2) is 21.5 Å². The average Bonchev–Trinajstić information content (AvgIpc) is 3.32. The van der Waals surface area contributed by atoms with Crippen LogP contribution in [0.5, 0.6) is 11.5 Å². The lowest BCUT2D eigenvalue weighted by molar-refractivity contribution is -0.113. The van der Waals surface area contributed by atoms with Crippen molar-refractivity contribution in [3.05, 3.63) is 35.7 Å². The minimum Gasteiger partial charge on any atom is -0.493 e. The summed E-state index contributed by atoms with van der Waals surface area (Å²) in [5.74, 6) is 1.72. The Morgan fingerprint density at radius 2 is 1.97 bits per heavy atom. The number of carbonyl (C=O) groups excluding carboxylic acids is 2. The van der Waals surface area contributed by atoms with Gasteiger partial charge in [0, 0.05) is 23.7 Å². The summed E-state index contributed by atoms with van der Waals surface area (Å²) in [6.45, 7) is 0. The molecule has 0 bridgehead atoms. The molecule has 4 rings (SSSR count). The summed E-state index contributed by atoms with van der Waals surface area (Å²) in [6.07, 6.45) is 2.12. The summed E-state index contributed by atoms with van der Waals surface area (Å²) < 4.78 is 16.1. The summed E-state index contributed by atoms with van der Waals surface area (Å²) in [7, 11) is 3.07. The molecule has 31 heavy (non-hydrogen) atoms. The van der Waals surface area contributed by atoms with Crippen LogP contribution in [-0.2, 0) is 4.79 Å². The second-order valence-electron chi connectivity index (χ2n) is 6.62. The Hall–Kier alpha value is -3.12. The van der Waals surface area contributed by atoms with E-state index >= 15 is 0 Å². The molecule has 1 saturated carbocycles. The minimum atomic E-state index is -0.408. The maximum atomic E-state index is 12.3. The summed E-state index contributed by atoms with van der Waals surface area (Å²) in [6, 6.07) is 6.77. The molecule has 0 saturated heterocycles. The molecule has 2 heterocycles. The quantitative estimate of drug-likeness (QED) is 0.364. The van der Waals surface area contributed by atoms with Crippen LogP contribution >= 0.6 is 23.1 Å². The number of amides is 2. The molecule has 2 aromatic heterocycles. The van der Waals surface area contributed by atoms with Gasteiger partial charge in [-0.2, -0.15) is 0 Å². The van der Waals surface area contributed by atoms with Crippen molar-refractivity contribution < 1.29 is 23.6 Å². The third-order valence-corrected chi connectivity index (χ3v) is 6.33. The van der Waals surface area contributed by atoms with Gasteiger partial charge < -0.3 is 19.3 Å². The highest BCUT2D eigenvalue weighted by Crippen LogP contribution is 2.40. The van der Waals surface area contributed by atoms with E-state index in [0.717, 1.165) is 18.6 Å². The van der Waals surface area contributed by atoms with Crippen LogP contribution in [0.25, 0.3) is 0 Å². The van der Waals surface area contributed by atoms with Crippen molar-refractivity contribution in [2.45, 2.75) is 23.1 Å². The normalized spacial score (nSPS) is 13.0. The number of carbonyl (C=O) groups is 2. The molecule has 0 atom stereocenters. The highest BCUT2D eigenvalue weighted by Gasteiger charge is 2.29. The second-order valence-corrected chi connectivity index (χ2v) is 8.82. The van der Waals surface area contributed by atoms with E-state index in [9.17, 15) is 9.59 Å². The van der Waals surface area contributed by atoms with Crippen molar-refractivity contribution in [1.29, 1.82) is 0 Å². The zero-order valence-corrected chi connectivity index (χ0v) is 18.3. The number of hydrogen-bond donors (Lipinski definition) is 2. The van der Waals surface area contributed by atoms with Crippen LogP contribution in [0.2, 0.25) is 0 Å². The van der Waals surface area contributed by atoms with E-state index in [2.05, 4.69) is 26.0 Å². The van der Waals surface area contributed by atoms with E-state index in [1.165, 1.54) is 30.2 Å². The van der Waals surface area contributed by atoms with Gasteiger partial charge in [0.25, 0.3) is 5.91 Å². The predicted molar refractivity (Wildman–Crippen MR) is 115 cm³/mol. The number of methoxy groups -OCH3 is 2. The molecule has 1 aliphatic rings. The predicted octanol–water partition coefficient (Wildman–Crippen LogP) is 3.40. The summed E-state index contributed by atoms with van der Waals surface area (Å²) in [5, 5.41) is 17.5. The molecule has 0 aliphatic heterocycles. The van der Waals surface area contributed by atoms with Crippen LogP contribution in [0.3, 0.4) is 0 Å². The Morgan fingerprint density at radius 1 is 1.16 bits per heavy atom. The molecule has 12 heteroatoms. The van der Waals surface area contributed by atoms with Gasteiger partial charge in [-0.05, 0) is 25.0 Å². The molecule has 2 amide bonds. The van der Waals surface area contributed by atoms with Gasteiger partial charge in [0.1, 0.15) is 5.76 Å². The number of thioether (sulfide) groups is 1. The van der Waals surface area contributed by atoms with Crippen molar-refractivity contribution in [1.82, 2.24) is 15.4 Å². The second kappa shape index (κ2) is 9.35. The zero-order chi connectivity index (χ0) is 21.8. The Balaban J connectivity index is 1.27. The number of rotatable bonds is 9. The van der Waals surface area contributed by atoms with E-state index in [0.29, 0.717) is 32.6 Å². The van der Waals surface area contributed by atoms with E-state index in [-0.39, 0.29) is 17.4 Å². The van der Waals surface area contributed by atoms with Gasteiger partial charge in [0.05, 0.1) is 20.0 Å². The molecule has 1 fully saturated rings. The Labute approximate surface area is 185 Å². The molecule has 10 nitrogen and oxygen atoms in total. The van der Waals surface area contributed by atoms with Gasteiger partial charge >= 0.3 is 0 Å². The number of nitrogens with one attached hydrogen (secondary N) is 2. The number of hydrogen-bond acceptors (Lipinski definition) is 10. The van der Waals surface area contributed by atoms with Gasteiger partial charge in [-0.25, -0.2) is 0 Å². The molecule has 0 spiro atoms. The zero-order valence-electron chi connectivity index (χ0n) is 16.7. The standard InChI is InChI=1S/C19H19N5O5S2/c1-27-13-6-5-11(7-15(13)28-2)20-16(25)9-30-19-23-22-18(31-19)21-17(26)12-8-14(29-24-12)10-3-4-10/h5-8,10H,3-4,9H2,1-2H3,(H,20,25)(H,21,22,26). The summed E-state index contributed by atoms with van der Waals surface area (Å²) in [4.78, 5) is 24.5. The smallest absolute Gasteiger partial charge is 0.279 e. The molecule has 0 unspecified atom stereocenters. The van der Waals surface area contributed by atoms with Gasteiger partial charge in [-0.3, -0.25) is 14.9 Å². The van der Waals surface area contributed by atoms with Crippen LogP contribution in [0.4, 0.5) is 10.8 Å². The number of benzene rings is 1. The Morgan fingerprint density at radius 3 is 2.71 bits per heavy atom. The first-order valence-corrected chi connectivity index (χ1v) is 11.1. The lowest BCUT2D eigenvalue weighted by Gasteiger charge is -2.10. The lowest BCUT2D eigenvalue weighted by Crippen LogP contribution is -2.14. The van der Waals surface area contributed by atoms with Crippen LogP contribution in [0.15, 0.2) is 33.1 Å². The highest BCUT2D eigenvalue weighted by atomic mass is 32.2. The first kappa shape index (κ1) is 21.1. The molecule has 162 valence electrons. The molecule has 3 aromatic rings. The maximum absolute atomic E-state index is 12.3. The molecule has 1 aliphatic carbocycles. The van der Waals surface area contributed by atoms with Crippen LogP contribution in [0.1, 0.15) is 35.0 Å². The minimum absolute atomic E-state index is 0.130. The molecule has 1 aromatic carbocycles. The van der Waals surface area contributed by atoms with Crippen LogP contribution in [0, 0.1) is 0 Å². The largest absolute Gasteiger partial charge is 0.493 e. The van der Waals surface area contributed by atoms with E-state index in [4.69, 9.17) is 14.0 Å². The van der Waals surface area contributed by atoms with Gasteiger partial charge in [-0.15, -0.1) is 10.2 Å². The van der Waals surface area contributed by atoms with Crippen molar-refractivity contribution in [2.75, 3.05) is 30.6 Å². The number of nitrogens with zero attached hydrogens (tertiary/aromatic N) is 3.